The summed E-state index contributed by atoms with van der Waals surface area (Å²) in [5, 5.41) is 0. The summed E-state index contributed by atoms with van der Waals surface area (Å²) < 4.78 is 5.22. The molecule has 2 aromatic rings. The Morgan fingerprint density at radius 2 is 2.12 bits per heavy atom. The highest BCUT2D eigenvalue weighted by molar-refractivity contribution is 5.92. The molecule has 1 fully saturated rings. The average Bonchev–Trinajstić information content (AvgIpc) is 2.63. The van der Waals surface area contributed by atoms with Crippen LogP contribution in [0.3, 0.4) is 0 Å². The predicted molar refractivity (Wildman–Crippen MR) is 93.4 cm³/mol. The van der Waals surface area contributed by atoms with Crippen molar-refractivity contribution in [3.8, 4) is 5.75 Å². The SMILES string of the molecule is COc1cccc(CN2CCN(c3ccnc(C(N)=O)c3)CC2=O)c1. The van der Waals surface area contributed by atoms with Crippen molar-refractivity contribution in [2.24, 2.45) is 5.73 Å². The minimum absolute atomic E-state index is 0.0338. The fourth-order valence-electron chi connectivity index (χ4n) is 2.84. The largest absolute Gasteiger partial charge is 0.497 e. The van der Waals surface area contributed by atoms with Crippen molar-refractivity contribution in [1.82, 2.24) is 9.88 Å². The first kappa shape index (κ1) is 16.8. The van der Waals surface area contributed by atoms with E-state index in [4.69, 9.17) is 10.5 Å². The maximum atomic E-state index is 12.5. The van der Waals surface area contributed by atoms with Crippen LogP contribution in [0, 0.1) is 0 Å². The van der Waals surface area contributed by atoms with Gasteiger partial charge in [-0.15, -0.1) is 0 Å². The number of rotatable bonds is 5. The van der Waals surface area contributed by atoms with Crippen LogP contribution in [0.1, 0.15) is 16.1 Å². The third-order valence-electron chi connectivity index (χ3n) is 4.19. The molecule has 0 atom stereocenters. The molecule has 3 rings (SSSR count). The molecule has 0 unspecified atom stereocenters. The van der Waals surface area contributed by atoms with Gasteiger partial charge < -0.3 is 20.3 Å². The van der Waals surface area contributed by atoms with Gasteiger partial charge in [-0.05, 0) is 29.8 Å². The van der Waals surface area contributed by atoms with Crippen molar-refractivity contribution in [2.45, 2.75) is 6.54 Å². The van der Waals surface area contributed by atoms with Crippen molar-refractivity contribution in [2.75, 3.05) is 31.6 Å². The number of carbonyl (C=O) groups is 2. The summed E-state index contributed by atoms with van der Waals surface area (Å²) in [6.07, 6.45) is 1.53. The number of pyridine rings is 1. The monoisotopic (exact) mass is 340 g/mol. The summed E-state index contributed by atoms with van der Waals surface area (Å²) in [6.45, 7) is 2.08. The zero-order valence-electron chi connectivity index (χ0n) is 14.0. The first-order valence-corrected chi connectivity index (χ1v) is 7.98. The highest BCUT2D eigenvalue weighted by atomic mass is 16.5. The Bertz CT molecular complexity index is 793. The lowest BCUT2D eigenvalue weighted by atomic mass is 10.1. The number of nitrogens with two attached hydrogens (primary N) is 1. The summed E-state index contributed by atoms with van der Waals surface area (Å²) in [6, 6.07) is 11.1. The molecule has 7 heteroatoms. The number of primary amides is 1. The molecule has 25 heavy (non-hydrogen) atoms. The van der Waals surface area contributed by atoms with Gasteiger partial charge in [-0.1, -0.05) is 12.1 Å². The van der Waals surface area contributed by atoms with Gasteiger partial charge in [0.2, 0.25) is 5.91 Å². The molecule has 0 radical (unpaired) electrons. The molecular weight excluding hydrogens is 320 g/mol. The Morgan fingerprint density at radius 1 is 1.28 bits per heavy atom. The summed E-state index contributed by atoms with van der Waals surface area (Å²) in [5.41, 5.74) is 7.27. The first-order valence-electron chi connectivity index (χ1n) is 7.98. The summed E-state index contributed by atoms with van der Waals surface area (Å²) in [7, 11) is 1.62. The normalized spacial score (nSPS) is 14.5. The molecule has 1 aliphatic rings. The number of aromatic nitrogens is 1. The molecule has 1 saturated heterocycles. The number of piperazine rings is 1. The van der Waals surface area contributed by atoms with Gasteiger partial charge in [-0.2, -0.15) is 0 Å². The zero-order chi connectivity index (χ0) is 17.8. The quantitative estimate of drug-likeness (QED) is 0.878. The van der Waals surface area contributed by atoms with Gasteiger partial charge in [-0.3, -0.25) is 14.6 Å². The lowest BCUT2D eigenvalue weighted by Gasteiger charge is -2.35. The molecule has 130 valence electrons. The van der Waals surface area contributed by atoms with E-state index in [1.807, 2.05) is 34.1 Å². The van der Waals surface area contributed by atoms with Gasteiger partial charge in [0, 0.05) is 31.5 Å². The van der Waals surface area contributed by atoms with Crippen LogP contribution in [0.25, 0.3) is 0 Å². The standard InChI is InChI=1S/C18H20N4O3/c1-25-15-4-2-3-13(9-15)11-22-8-7-21(12-17(22)23)14-5-6-20-16(10-14)18(19)24/h2-6,9-10H,7-8,11-12H2,1H3,(H2,19,24). The summed E-state index contributed by atoms with van der Waals surface area (Å²) in [5.74, 6) is 0.232. The van der Waals surface area contributed by atoms with Crippen molar-refractivity contribution >= 4 is 17.5 Å². The molecule has 0 spiro atoms. The highest BCUT2D eigenvalue weighted by Gasteiger charge is 2.24. The molecule has 0 saturated carbocycles. The van der Waals surface area contributed by atoms with Gasteiger partial charge in [0.25, 0.3) is 5.91 Å². The van der Waals surface area contributed by atoms with Crippen LogP contribution in [0.15, 0.2) is 42.6 Å². The van der Waals surface area contributed by atoms with Crippen LogP contribution in [0.2, 0.25) is 0 Å². The molecule has 2 heterocycles. The van der Waals surface area contributed by atoms with E-state index in [-0.39, 0.29) is 18.1 Å². The molecule has 1 aromatic heterocycles. The second kappa shape index (κ2) is 7.21. The van der Waals surface area contributed by atoms with Gasteiger partial charge in [-0.25, -0.2) is 0 Å². The number of anilines is 1. The van der Waals surface area contributed by atoms with Crippen LogP contribution in [-0.2, 0) is 11.3 Å². The van der Waals surface area contributed by atoms with Crippen LogP contribution >= 0.6 is 0 Å². The van der Waals surface area contributed by atoms with Gasteiger partial charge in [0.05, 0.1) is 13.7 Å². The van der Waals surface area contributed by atoms with Crippen LogP contribution in [0.5, 0.6) is 5.75 Å². The minimum Gasteiger partial charge on any atom is -0.497 e. The lowest BCUT2D eigenvalue weighted by molar-refractivity contribution is -0.131. The summed E-state index contributed by atoms with van der Waals surface area (Å²) in [4.78, 5) is 31.4. The molecule has 0 bridgehead atoms. The topological polar surface area (TPSA) is 88.8 Å². The van der Waals surface area contributed by atoms with Crippen molar-refractivity contribution < 1.29 is 14.3 Å². The molecule has 2 amide bonds. The Kier molecular flexibility index (Phi) is 4.83. The molecule has 1 aliphatic heterocycles. The average molecular weight is 340 g/mol. The van der Waals surface area contributed by atoms with Gasteiger partial charge in [0.15, 0.2) is 0 Å². The Labute approximate surface area is 146 Å². The van der Waals surface area contributed by atoms with Crippen LogP contribution < -0.4 is 15.4 Å². The fraction of sp³-hybridized carbons (Fsp3) is 0.278. The first-order chi connectivity index (χ1) is 12.1. The highest BCUT2D eigenvalue weighted by Crippen LogP contribution is 2.19. The summed E-state index contributed by atoms with van der Waals surface area (Å²) >= 11 is 0. The number of ether oxygens (including phenoxy) is 1. The third-order valence-corrected chi connectivity index (χ3v) is 4.19. The second-order valence-corrected chi connectivity index (χ2v) is 5.85. The number of hydrogen-bond donors (Lipinski definition) is 1. The smallest absolute Gasteiger partial charge is 0.267 e. The van der Waals surface area contributed by atoms with E-state index in [9.17, 15) is 9.59 Å². The molecular formula is C18H20N4O3. The van der Waals surface area contributed by atoms with E-state index in [0.717, 1.165) is 17.0 Å². The van der Waals surface area contributed by atoms with Gasteiger partial charge in [0.1, 0.15) is 11.4 Å². The van der Waals surface area contributed by atoms with Crippen molar-refractivity contribution in [3.63, 3.8) is 0 Å². The zero-order valence-corrected chi connectivity index (χ0v) is 14.0. The van der Waals surface area contributed by atoms with E-state index in [0.29, 0.717) is 19.6 Å². The number of carbonyl (C=O) groups excluding carboxylic acids is 2. The maximum absolute atomic E-state index is 12.5. The van der Waals surface area contributed by atoms with Crippen LogP contribution in [0.4, 0.5) is 5.69 Å². The number of methoxy groups -OCH3 is 1. The number of hydrogen-bond acceptors (Lipinski definition) is 5. The van der Waals surface area contributed by atoms with E-state index in [1.165, 1.54) is 6.20 Å². The lowest BCUT2D eigenvalue weighted by Crippen LogP contribution is -2.50. The number of nitrogens with zero attached hydrogens (tertiary/aromatic N) is 3. The van der Waals surface area contributed by atoms with Crippen LogP contribution in [-0.4, -0.2) is 48.4 Å². The Hall–Kier alpha value is -3.09. The fourth-order valence-corrected chi connectivity index (χ4v) is 2.84. The van der Waals surface area contributed by atoms with Crippen molar-refractivity contribution in [1.29, 1.82) is 0 Å². The maximum Gasteiger partial charge on any atom is 0.267 e. The van der Waals surface area contributed by atoms with E-state index in [1.54, 1.807) is 19.2 Å². The minimum atomic E-state index is -0.579. The van der Waals surface area contributed by atoms with E-state index < -0.39 is 5.91 Å². The molecule has 0 aliphatic carbocycles. The molecule has 1 aromatic carbocycles. The molecule has 7 nitrogen and oxygen atoms in total. The number of benzene rings is 1. The van der Waals surface area contributed by atoms with E-state index in [2.05, 4.69) is 4.98 Å². The second-order valence-electron chi connectivity index (χ2n) is 5.85. The number of amides is 2. The third kappa shape index (κ3) is 3.88. The van der Waals surface area contributed by atoms with E-state index >= 15 is 0 Å². The Morgan fingerprint density at radius 3 is 2.84 bits per heavy atom. The molecule has 2 N–H and O–H groups in total. The van der Waals surface area contributed by atoms with Crippen molar-refractivity contribution in [3.05, 3.63) is 53.9 Å². The predicted octanol–water partition coefficient (Wildman–Crippen LogP) is 1.04. The van der Waals surface area contributed by atoms with Gasteiger partial charge >= 0.3 is 0 Å². The Balaban J connectivity index is 1.67.